The van der Waals surface area contributed by atoms with Gasteiger partial charge in [0.15, 0.2) is 0 Å². The molecular formula is C12H16N2OS. The van der Waals surface area contributed by atoms with Gasteiger partial charge in [-0.15, -0.1) is 11.3 Å². The first-order valence-corrected chi connectivity index (χ1v) is 6.55. The molecule has 0 fully saturated rings. The summed E-state index contributed by atoms with van der Waals surface area (Å²) in [6.45, 7) is 4.99. The maximum Gasteiger partial charge on any atom is 0.262 e. The molecular weight excluding hydrogens is 220 g/mol. The fraction of sp³-hybridized carbons (Fsp3) is 0.500. The Hall–Kier alpha value is -1.16. The highest BCUT2D eigenvalue weighted by atomic mass is 32.1. The Morgan fingerprint density at radius 3 is 2.94 bits per heavy atom. The molecule has 0 saturated heterocycles. The first-order valence-electron chi connectivity index (χ1n) is 5.74. The van der Waals surface area contributed by atoms with E-state index in [0.717, 1.165) is 36.0 Å². The summed E-state index contributed by atoms with van der Waals surface area (Å²) in [5.41, 5.74) is 0.106. The second-order valence-corrected chi connectivity index (χ2v) is 5.00. The number of thiophene rings is 1. The van der Waals surface area contributed by atoms with Crippen LogP contribution in [0.5, 0.6) is 0 Å². The fourth-order valence-electron chi connectivity index (χ4n) is 1.67. The fourth-order valence-corrected chi connectivity index (χ4v) is 2.60. The van der Waals surface area contributed by atoms with Crippen LogP contribution < -0.4 is 5.56 Å². The van der Waals surface area contributed by atoms with Crippen molar-refractivity contribution in [1.29, 1.82) is 0 Å². The minimum absolute atomic E-state index is 0.106. The Bertz CT molecular complexity index is 541. The van der Waals surface area contributed by atoms with Crippen molar-refractivity contribution in [3.05, 3.63) is 27.6 Å². The van der Waals surface area contributed by atoms with E-state index in [9.17, 15) is 4.79 Å². The van der Waals surface area contributed by atoms with Crippen LogP contribution in [-0.2, 0) is 13.0 Å². The number of nitrogens with zero attached hydrogens (tertiary/aromatic N) is 2. The van der Waals surface area contributed by atoms with Gasteiger partial charge in [0.2, 0.25) is 0 Å². The molecule has 0 bridgehead atoms. The Morgan fingerprint density at radius 1 is 1.44 bits per heavy atom. The van der Waals surface area contributed by atoms with Gasteiger partial charge >= 0.3 is 0 Å². The summed E-state index contributed by atoms with van der Waals surface area (Å²) in [6.07, 6.45) is 4.76. The summed E-state index contributed by atoms with van der Waals surface area (Å²) >= 11 is 1.62. The molecule has 0 atom stereocenters. The van der Waals surface area contributed by atoms with E-state index in [1.165, 1.54) is 4.88 Å². The summed E-state index contributed by atoms with van der Waals surface area (Å²) in [7, 11) is 0. The molecule has 2 aromatic rings. The summed E-state index contributed by atoms with van der Waals surface area (Å²) in [6, 6.07) is 1.98. The normalized spacial score (nSPS) is 11.1. The summed E-state index contributed by atoms with van der Waals surface area (Å²) < 4.78 is 1.72. The second-order valence-electron chi connectivity index (χ2n) is 3.88. The van der Waals surface area contributed by atoms with Crippen molar-refractivity contribution in [2.75, 3.05) is 0 Å². The first-order chi connectivity index (χ1) is 7.76. The van der Waals surface area contributed by atoms with Gasteiger partial charge in [0.05, 0.1) is 11.7 Å². The van der Waals surface area contributed by atoms with Crippen molar-refractivity contribution in [3.8, 4) is 0 Å². The molecule has 3 nitrogen and oxygen atoms in total. The van der Waals surface area contributed by atoms with Gasteiger partial charge in [0, 0.05) is 11.4 Å². The van der Waals surface area contributed by atoms with Crippen LogP contribution in [0.2, 0.25) is 0 Å². The zero-order chi connectivity index (χ0) is 11.5. The lowest BCUT2D eigenvalue weighted by Gasteiger charge is -2.02. The number of aromatic nitrogens is 2. The Morgan fingerprint density at radius 2 is 2.25 bits per heavy atom. The largest absolute Gasteiger partial charge is 0.299 e. The third-order valence-corrected chi connectivity index (χ3v) is 3.86. The van der Waals surface area contributed by atoms with Crippen molar-refractivity contribution in [3.63, 3.8) is 0 Å². The van der Waals surface area contributed by atoms with Crippen molar-refractivity contribution < 1.29 is 0 Å². The zero-order valence-electron chi connectivity index (χ0n) is 9.69. The molecule has 0 N–H and O–H groups in total. The predicted molar refractivity (Wildman–Crippen MR) is 68.2 cm³/mol. The first kappa shape index (κ1) is 11.3. The number of aryl methyl sites for hydroxylation is 2. The molecule has 0 unspecified atom stereocenters. The van der Waals surface area contributed by atoms with E-state index in [-0.39, 0.29) is 5.56 Å². The SMILES string of the molecule is CCCCn1cnc2sc(CC)cc2c1=O. The highest BCUT2D eigenvalue weighted by molar-refractivity contribution is 7.18. The molecule has 2 heterocycles. The smallest absolute Gasteiger partial charge is 0.262 e. The van der Waals surface area contributed by atoms with Gasteiger partial charge in [-0.25, -0.2) is 4.98 Å². The molecule has 0 amide bonds. The van der Waals surface area contributed by atoms with E-state index in [1.807, 2.05) is 6.07 Å². The van der Waals surface area contributed by atoms with Gasteiger partial charge in [-0.3, -0.25) is 9.36 Å². The summed E-state index contributed by atoms with van der Waals surface area (Å²) in [4.78, 5) is 18.5. The number of unbranched alkanes of at least 4 members (excludes halogenated alkanes) is 1. The van der Waals surface area contributed by atoms with Crippen molar-refractivity contribution >= 4 is 21.6 Å². The van der Waals surface area contributed by atoms with E-state index < -0.39 is 0 Å². The van der Waals surface area contributed by atoms with Gasteiger partial charge in [-0.05, 0) is 18.9 Å². The van der Waals surface area contributed by atoms with Crippen LogP contribution in [0.4, 0.5) is 0 Å². The third-order valence-electron chi connectivity index (χ3n) is 2.67. The highest BCUT2D eigenvalue weighted by Gasteiger charge is 2.07. The molecule has 0 saturated carbocycles. The number of hydrogen-bond donors (Lipinski definition) is 0. The summed E-state index contributed by atoms with van der Waals surface area (Å²) in [5, 5.41) is 0.778. The Balaban J connectivity index is 2.47. The molecule has 2 aromatic heterocycles. The van der Waals surface area contributed by atoms with Crippen LogP contribution in [0, 0.1) is 0 Å². The van der Waals surface area contributed by atoms with Gasteiger partial charge in [-0.1, -0.05) is 20.3 Å². The van der Waals surface area contributed by atoms with Crippen molar-refractivity contribution in [2.24, 2.45) is 0 Å². The molecule has 2 rings (SSSR count). The molecule has 0 aliphatic rings. The molecule has 86 valence electrons. The average molecular weight is 236 g/mol. The summed E-state index contributed by atoms with van der Waals surface area (Å²) in [5.74, 6) is 0. The molecule has 4 heteroatoms. The highest BCUT2D eigenvalue weighted by Crippen LogP contribution is 2.20. The lowest BCUT2D eigenvalue weighted by molar-refractivity contribution is 0.609. The maximum absolute atomic E-state index is 12.1. The molecule has 0 aliphatic heterocycles. The van der Waals surface area contributed by atoms with Gasteiger partial charge in [-0.2, -0.15) is 0 Å². The number of fused-ring (bicyclic) bond motifs is 1. The van der Waals surface area contributed by atoms with Crippen LogP contribution in [0.15, 0.2) is 17.2 Å². The topological polar surface area (TPSA) is 34.9 Å². The van der Waals surface area contributed by atoms with E-state index in [1.54, 1.807) is 22.2 Å². The van der Waals surface area contributed by atoms with E-state index >= 15 is 0 Å². The Kier molecular flexibility index (Phi) is 3.39. The van der Waals surface area contributed by atoms with Gasteiger partial charge < -0.3 is 0 Å². The van der Waals surface area contributed by atoms with Gasteiger partial charge in [0.1, 0.15) is 4.83 Å². The average Bonchev–Trinajstić information content (AvgIpc) is 2.72. The number of rotatable bonds is 4. The minimum Gasteiger partial charge on any atom is -0.299 e. The molecule has 16 heavy (non-hydrogen) atoms. The quantitative estimate of drug-likeness (QED) is 0.818. The zero-order valence-corrected chi connectivity index (χ0v) is 10.5. The van der Waals surface area contributed by atoms with E-state index in [0.29, 0.717) is 0 Å². The van der Waals surface area contributed by atoms with Crippen LogP contribution in [0.1, 0.15) is 31.6 Å². The van der Waals surface area contributed by atoms with Crippen LogP contribution >= 0.6 is 11.3 Å². The molecule has 0 radical (unpaired) electrons. The third kappa shape index (κ3) is 2.02. The maximum atomic E-state index is 12.1. The van der Waals surface area contributed by atoms with Crippen molar-refractivity contribution in [2.45, 2.75) is 39.7 Å². The minimum atomic E-state index is 0.106. The molecule has 0 aliphatic carbocycles. The van der Waals surface area contributed by atoms with Crippen LogP contribution in [0.3, 0.4) is 0 Å². The van der Waals surface area contributed by atoms with E-state index in [4.69, 9.17) is 0 Å². The van der Waals surface area contributed by atoms with E-state index in [2.05, 4.69) is 18.8 Å². The standard InChI is InChI=1S/C12H16N2OS/c1-3-5-6-14-8-13-11-10(12(14)15)7-9(4-2)16-11/h7-8H,3-6H2,1-2H3. The molecule has 0 spiro atoms. The van der Waals surface area contributed by atoms with Crippen molar-refractivity contribution in [1.82, 2.24) is 9.55 Å². The predicted octanol–water partition coefficient (Wildman–Crippen LogP) is 2.82. The van der Waals surface area contributed by atoms with Gasteiger partial charge in [0.25, 0.3) is 5.56 Å². The number of hydrogen-bond acceptors (Lipinski definition) is 3. The second kappa shape index (κ2) is 4.78. The van der Waals surface area contributed by atoms with Crippen LogP contribution in [0.25, 0.3) is 10.2 Å². The lowest BCUT2D eigenvalue weighted by atomic mass is 10.3. The lowest BCUT2D eigenvalue weighted by Crippen LogP contribution is -2.19. The van der Waals surface area contributed by atoms with Crippen LogP contribution in [-0.4, -0.2) is 9.55 Å². The Labute approximate surface area is 98.8 Å². The monoisotopic (exact) mass is 236 g/mol. The molecule has 0 aromatic carbocycles.